The molecule has 3 atom stereocenters. The maximum atomic E-state index is 13.1. The Morgan fingerprint density at radius 1 is 1.06 bits per heavy atom. The first-order valence-electron chi connectivity index (χ1n) is 11.6. The molecule has 0 radical (unpaired) electrons. The number of aliphatic carboxylic acids is 1. The third-order valence-electron chi connectivity index (χ3n) is 6.49. The molecule has 1 aliphatic heterocycles. The summed E-state index contributed by atoms with van der Waals surface area (Å²) in [6.45, 7) is 3.86. The van der Waals surface area contributed by atoms with E-state index < -0.39 is 36.2 Å². The summed E-state index contributed by atoms with van der Waals surface area (Å²) >= 11 is 0. The van der Waals surface area contributed by atoms with Gasteiger partial charge in [-0.25, -0.2) is 9.59 Å². The van der Waals surface area contributed by atoms with E-state index in [1.807, 2.05) is 50.2 Å². The molecule has 0 spiro atoms. The number of rotatable bonds is 7. The van der Waals surface area contributed by atoms with Crippen molar-refractivity contribution in [1.29, 1.82) is 0 Å². The topological polar surface area (TPSA) is 116 Å². The zero-order valence-electron chi connectivity index (χ0n) is 19.3. The molecule has 2 aromatic rings. The maximum absolute atomic E-state index is 13.1. The van der Waals surface area contributed by atoms with Crippen LogP contribution in [-0.4, -0.2) is 64.4 Å². The van der Waals surface area contributed by atoms with E-state index in [2.05, 4.69) is 17.4 Å². The quantitative estimate of drug-likeness (QED) is 0.578. The molecule has 2 amide bonds. The molecule has 34 heavy (non-hydrogen) atoms. The fourth-order valence-electron chi connectivity index (χ4n) is 4.97. The third-order valence-corrected chi connectivity index (χ3v) is 6.49. The van der Waals surface area contributed by atoms with Gasteiger partial charge in [0.25, 0.3) is 0 Å². The lowest BCUT2D eigenvalue weighted by Gasteiger charge is -2.28. The van der Waals surface area contributed by atoms with Crippen LogP contribution < -0.4 is 5.32 Å². The van der Waals surface area contributed by atoms with Crippen LogP contribution in [0, 0.1) is 5.92 Å². The van der Waals surface area contributed by atoms with E-state index in [0.29, 0.717) is 6.42 Å². The number of hydrogen-bond donors (Lipinski definition) is 3. The Balaban J connectivity index is 1.45. The highest BCUT2D eigenvalue weighted by Crippen LogP contribution is 2.44. The van der Waals surface area contributed by atoms with Gasteiger partial charge in [-0.1, -0.05) is 62.4 Å². The van der Waals surface area contributed by atoms with E-state index in [0.717, 1.165) is 27.2 Å². The Kier molecular flexibility index (Phi) is 6.88. The van der Waals surface area contributed by atoms with E-state index >= 15 is 0 Å². The lowest BCUT2D eigenvalue weighted by Crippen LogP contribution is -2.52. The number of carboxylic acids is 1. The van der Waals surface area contributed by atoms with Gasteiger partial charge < -0.3 is 25.2 Å². The van der Waals surface area contributed by atoms with Crippen molar-refractivity contribution in [1.82, 2.24) is 10.2 Å². The van der Waals surface area contributed by atoms with Gasteiger partial charge in [0.2, 0.25) is 5.91 Å². The first-order valence-corrected chi connectivity index (χ1v) is 11.6. The maximum Gasteiger partial charge on any atom is 0.407 e. The summed E-state index contributed by atoms with van der Waals surface area (Å²) in [7, 11) is 0. The summed E-state index contributed by atoms with van der Waals surface area (Å²) in [4.78, 5) is 38.6. The molecule has 2 aromatic carbocycles. The number of hydrogen-bond acceptors (Lipinski definition) is 5. The van der Waals surface area contributed by atoms with Crippen molar-refractivity contribution in [3.05, 3.63) is 59.7 Å². The van der Waals surface area contributed by atoms with Crippen molar-refractivity contribution in [3.63, 3.8) is 0 Å². The van der Waals surface area contributed by atoms with E-state index in [1.165, 1.54) is 0 Å². The monoisotopic (exact) mass is 466 g/mol. The Morgan fingerprint density at radius 3 is 2.21 bits per heavy atom. The molecule has 8 heteroatoms. The Morgan fingerprint density at radius 2 is 1.65 bits per heavy atom. The fraction of sp³-hybridized carbons (Fsp3) is 0.423. The number of carbonyl (C=O) groups is 3. The van der Waals surface area contributed by atoms with Crippen LogP contribution in [0.5, 0.6) is 0 Å². The molecule has 4 rings (SSSR count). The molecule has 8 nitrogen and oxygen atoms in total. The van der Waals surface area contributed by atoms with Crippen LogP contribution in [-0.2, 0) is 14.3 Å². The molecule has 0 aromatic heterocycles. The summed E-state index contributed by atoms with van der Waals surface area (Å²) in [5.41, 5.74) is 4.41. The molecule has 1 heterocycles. The number of fused-ring (bicyclic) bond motifs is 3. The zero-order valence-corrected chi connectivity index (χ0v) is 19.3. The predicted molar refractivity (Wildman–Crippen MR) is 125 cm³/mol. The number of ether oxygens (including phenoxy) is 1. The lowest BCUT2D eigenvalue weighted by atomic mass is 9.98. The van der Waals surface area contributed by atoms with Crippen LogP contribution in [0.2, 0.25) is 0 Å². The summed E-state index contributed by atoms with van der Waals surface area (Å²) < 4.78 is 5.57. The summed E-state index contributed by atoms with van der Waals surface area (Å²) in [6.07, 6.45) is -1.34. The van der Waals surface area contributed by atoms with Crippen LogP contribution in [0.3, 0.4) is 0 Å². The highest BCUT2D eigenvalue weighted by Gasteiger charge is 2.41. The van der Waals surface area contributed by atoms with Crippen molar-refractivity contribution in [2.45, 2.75) is 50.8 Å². The van der Waals surface area contributed by atoms with E-state index in [1.54, 1.807) is 0 Å². The highest BCUT2D eigenvalue weighted by atomic mass is 16.5. The molecule has 0 bridgehead atoms. The van der Waals surface area contributed by atoms with Gasteiger partial charge in [-0.15, -0.1) is 0 Å². The van der Waals surface area contributed by atoms with Crippen LogP contribution in [0.25, 0.3) is 11.1 Å². The van der Waals surface area contributed by atoms with Crippen molar-refractivity contribution >= 4 is 18.0 Å². The number of likely N-dealkylation sites (tertiary alicyclic amines) is 1. The normalized spacial score (nSPS) is 20.1. The molecule has 3 N–H and O–H groups in total. The summed E-state index contributed by atoms with van der Waals surface area (Å²) in [5.74, 6) is -1.73. The molecule has 180 valence electrons. The molecular weight excluding hydrogens is 436 g/mol. The second kappa shape index (κ2) is 9.85. The number of alkyl carbamates (subject to hydrolysis) is 1. The van der Waals surface area contributed by atoms with Crippen molar-refractivity contribution in [3.8, 4) is 11.1 Å². The van der Waals surface area contributed by atoms with E-state index in [-0.39, 0.29) is 31.4 Å². The second-order valence-electron chi connectivity index (χ2n) is 9.39. The summed E-state index contributed by atoms with van der Waals surface area (Å²) in [6, 6.07) is 14.0. The number of carbonyl (C=O) groups excluding carboxylic acids is 2. The van der Waals surface area contributed by atoms with Crippen molar-refractivity contribution in [2.24, 2.45) is 5.92 Å². The van der Waals surface area contributed by atoms with Crippen molar-refractivity contribution in [2.75, 3.05) is 13.2 Å². The number of aliphatic hydroxyl groups is 1. The largest absolute Gasteiger partial charge is 0.480 e. The number of aliphatic hydroxyl groups excluding tert-OH is 1. The van der Waals surface area contributed by atoms with Gasteiger partial charge in [-0.3, -0.25) is 4.79 Å². The molecule has 0 unspecified atom stereocenters. The number of β-amino-alcohol motifs (C(OH)–C–C–N with tert-alkyl or cyclic N) is 1. The zero-order chi connectivity index (χ0) is 24.4. The van der Waals surface area contributed by atoms with Crippen LogP contribution in [0.1, 0.15) is 43.7 Å². The number of carboxylic acid groups (broad SMARTS) is 1. The fourth-order valence-corrected chi connectivity index (χ4v) is 4.97. The molecule has 1 aliphatic carbocycles. The standard InChI is InChI=1S/C26H30N2O6/c1-15(2)11-22(24(30)28-13-16(29)12-23(28)25(31)32)27-26(33)34-14-21-19-9-5-3-7-17(19)18-8-4-6-10-20(18)21/h3-10,15-16,21-23,29H,11-14H2,1-2H3,(H,27,33)(H,31,32)/t16-,22-,23+/m1/s1. The SMILES string of the molecule is CC(C)C[C@@H](NC(=O)OCC1c2ccccc2-c2ccccc21)C(=O)N1C[C@H](O)C[C@H]1C(=O)O. The number of nitrogens with zero attached hydrogens (tertiary/aromatic N) is 1. The third kappa shape index (κ3) is 4.77. The van der Waals surface area contributed by atoms with Gasteiger partial charge >= 0.3 is 12.1 Å². The minimum Gasteiger partial charge on any atom is -0.480 e. The van der Waals surface area contributed by atoms with E-state index in [9.17, 15) is 24.6 Å². The minimum atomic E-state index is -1.17. The van der Waals surface area contributed by atoms with Crippen LogP contribution >= 0.6 is 0 Å². The number of nitrogens with one attached hydrogen (secondary N) is 1. The smallest absolute Gasteiger partial charge is 0.407 e. The second-order valence-corrected chi connectivity index (χ2v) is 9.39. The van der Waals surface area contributed by atoms with Gasteiger partial charge in [0, 0.05) is 18.9 Å². The molecule has 2 aliphatic rings. The van der Waals surface area contributed by atoms with Gasteiger partial charge in [-0.05, 0) is 34.6 Å². The van der Waals surface area contributed by atoms with Gasteiger partial charge in [0.1, 0.15) is 18.7 Å². The molecule has 1 saturated heterocycles. The van der Waals surface area contributed by atoms with Crippen LogP contribution in [0.4, 0.5) is 4.79 Å². The average molecular weight is 467 g/mol. The Labute approximate surface area is 198 Å². The van der Waals surface area contributed by atoms with E-state index in [4.69, 9.17) is 4.74 Å². The van der Waals surface area contributed by atoms with Gasteiger partial charge in [0.15, 0.2) is 0 Å². The Bertz CT molecular complexity index is 1040. The molecule has 0 saturated carbocycles. The minimum absolute atomic E-state index is 0.0274. The number of benzene rings is 2. The molecule has 1 fully saturated rings. The summed E-state index contributed by atoms with van der Waals surface area (Å²) in [5, 5.41) is 22.0. The number of amides is 2. The lowest BCUT2D eigenvalue weighted by molar-refractivity contribution is -0.149. The van der Waals surface area contributed by atoms with Gasteiger partial charge in [0.05, 0.1) is 6.10 Å². The first-order chi connectivity index (χ1) is 16.3. The van der Waals surface area contributed by atoms with Crippen LogP contribution in [0.15, 0.2) is 48.5 Å². The molecular formula is C26H30N2O6. The predicted octanol–water partition coefficient (Wildman–Crippen LogP) is 2.99. The Hall–Kier alpha value is -3.39. The van der Waals surface area contributed by atoms with Gasteiger partial charge in [-0.2, -0.15) is 0 Å². The highest BCUT2D eigenvalue weighted by molar-refractivity contribution is 5.90. The average Bonchev–Trinajstić information content (AvgIpc) is 3.35. The first kappa shape index (κ1) is 23.8. The van der Waals surface area contributed by atoms with Crippen molar-refractivity contribution < 1.29 is 29.3 Å².